The number of piperidine rings is 1. The number of likely N-dealkylation sites (tertiary alicyclic amines) is 2. The molecule has 0 radical (unpaired) electrons. The van der Waals surface area contributed by atoms with Gasteiger partial charge in [-0.1, -0.05) is 18.2 Å². The highest BCUT2D eigenvalue weighted by atomic mass is 19.3. The number of hydrogen-bond donors (Lipinski definition) is 2. The molecule has 2 amide bonds. The number of aromatic nitrogens is 4. The van der Waals surface area contributed by atoms with Crippen LogP contribution < -0.4 is 15.5 Å². The van der Waals surface area contributed by atoms with Gasteiger partial charge < -0.3 is 25.2 Å². The van der Waals surface area contributed by atoms with Crippen molar-refractivity contribution < 1.29 is 23.1 Å². The number of halogens is 2. The van der Waals surface area contributed by atoms with E-state index in [1.54, 1.807) is 31.5 Å². The first-order valence-electron chi connectivity index (χ1n) is 17.6. The first-order valence-corrected chi connectivity index (χ1v) is 17.6. The van der Waals surface area contributed by atoms with E-state index in [1.807, 2.05) is 42.4 Å². The summed E-state index contributed by atoms with van der Waals surface area (Å²) in [7, 11) is 1.83. The third-order valence-electron chi connectivity index (χ3n) is 10.4. The smallest absolute Gasteiger partial charge is 0.410 e. The van der Waals surface area contributed by atoms with Gasteiger partial charge in [-0.15, -0.1) is 5.10 Å². The molecule has 268 valence electrons. The molecule has 0 bridgehead atoms. The topological polar surface area (TPSA) is 120 Å². The number of amides is 2. The number of pyridine rings is 1. The van der Waals surface area contributed by atoms with Crippen molar-refractivity contribution in [1.82, 2.24) is 34.7 Å². The van der Waals surface area contributed by atoms with Crippen LogP contribution in [0.4, 0.5) is 30.8 Å². The van der Waals surface area contributed by atoms with Gasteiger partial charge in [-0.2, -0.15) is 0 Å². The van der Waals surface area contributed by atoms with E-state index in [1.165, 1.54) is 0 Å². The van der Waals surface area contributed by atoms with Gasteiger partial charge >= 0.3 is 6.09 Å². The van der Waals surface area contributed by atoms with Crippen LogP contribution in [0.25, 0.3) is 16.9 Å². The normalized spacial score (nSPS) is 19.6. The molecule has 3 aliphatic heterocycles. The molecule has 2 N–H and O–H groups in total. The maximum absolute atomic E-state index is 15.4. The first kappa shape index (κ1) is 33.3. The van der Waals surface area contributed by atoms with Gasteiger partial charge in [-0.25, -0.2) is 23.1 Å². The number of alkyl halides is 2. The van der Waals surface area contributed by atoms with Crippen LogP contribution in [-0.4, -0.2) is 98.7 Å². The lowest BCUT2D eigenvalue weighted by molar-refractivity contribution is -0.223. The molecule has 51 heavy (non-hydrogen) atoms. The zero-order chi connectivity index (χ0) is 35.7. The molecule has 2 saturated heterocycles. The lowest BCUT2D eigenvalue weighted by Gasteiger charge is -2.57. The van der Waals surface area contributed by atoms with E-state index in [2.05, 4.69) is 32.7 Å². The molecule has 4 aromatic rings. The molecule has 1 saturated carbocycles. The SMILES string of the molecule is CNc1cc(N2CCc3c(-c4ccc(CN5CC6(CCN(C(=O)OC(C)(C)C)CC6(F)F)C5)cn4)cccc32)nn2c(C(=O)NC3CC3)cnc12. The van der Waals surface area contributed by atoms with Crippen LogP contribution in [0.2, 0.25) is 0 Å². The Bertz CT molecular complexity index is 2000. The van der Waals surface area contributed by atoms with Gasteiger partial charge in [0, 0.05) is 69.3 Å². The Morgan fingerprint density at radius 3 is 2.53 bits per heavy atom. The Morgan fingerprint density at radius 1 is 1.04 bits per heavy atom. The van der Waals surface area contributed by atoms with Crippen LogP contribution >= 0.6 is 0 Å². The second-order valence-corrected chi connectivity index (χ2v) is 15.3. The highest BCUT2D eigenvalue weighted by Gasteiger charge is 2.63. The van der Waals surface area contributed by atoms with E-state index in [-0.39, 0.29) is 38.0 Å². The fourth-order valence-corrected chi connectivity index (χ4v) is 7.57. The molecule has 0 unspecified atom stereocenters. The minimum atomic E-state index is -3.00. The standard InChI is InChI=1S/C37H43F2N9O3/c1-35(2,3)51-34(50)46-15-13-36(37(38,39)22-46)20-45(21-36)19-23-8-11-27(41-17-23)25-6-5-7-29-26(25)12-14-47(29)31-16-28(40-4)32-42-18-30(48(32)44-31)33(49)43-24-9-10-24/h5-8,11,16-18,24,40H,9-10,12-15,19-22H2,1-4H3,(H,43,49). The highest BCUT2D eigenvalue weighted by molar-refractivity contribution is 5.94. The molecule has 12 nitrogen and oxygen atoms in total. The van der Waals surface area contributed by atoms with E-state index in [4.69, 9.17) is 14.8 Å². The Hall–Kier alpha value is -4.85. The maximum Gasteiger partial charge on any atom is 0.410 e. The van der Waals surface area contributed by atoms with Crippen molar-refractivity contribution in [3.8, 4) is 11.3 Å². The van der Waals surface area contributed by atoms with Crippen LogP contribution in [0.1, 0.15) is 61.6 Å². The van der Waals surface area contributed by atoms with Gasteiger partial charge in [0.1, 0.15) is 5.60 Å². The maximum atomic E-state index is 15.4. The van der Waals surface area contributed by atoms with E-state index in [0.717, 1.165) is 57.9 Å². The third kappa shape index (κ3) is 6.13. The van der Waals surface area contributed by atoms with Gasteiger partial charge in [0.25, 0.3) is 11.8 Å². The molecular weight excluding hydrogens is 656 g/mol. The number of carbonyl (C=O) groups excluding carboxylic acids is 2. The zero-order valence-corrected chi connectivity index (χ0v) is 29.4. The average Bonchev–Trinajstić information content (AvgIpc) is 3.60. The number of hydrogen-bond acceptors (Lipinski definition) is 9. The van der Waals surface area contributed by atoms with Crippen molar-refractivity contribution in [3.05, 3.63) is 65.6 Å². The van der Waals surface area contributed by atoms with Gasteiger partial charge in [0.15, 0.2) is 17.2 Å². The summed E-state index contributed by atoms with van der Waals surface area (Å²) >= 11 is 0. The second kappa shape index (κ2) is 12.1. The van der Waals surface area contributed by atoms with Gasteiger partial charge in [0.2, 0.25) is 0 Å². The fourth-order valence-electron chi connectivity index (χ4n) is 7.57. The average molecular weight is 700 g/mol. The van der Waals surface area contributed by atoms with Crippen LogP contribution in [0.5, 0.6) is 0 Å². The molecular formula is C37H43F2N9O3. The van der Waals surface area contributed by atoms with E-state index in [0.29, 0.717) is 30.2 Å². The number of ether oxygens (including phenoxy) is 1. The van der Waals surface area contributed by atoms with Crippen molar-refractivity contribution in [1.29, 1.82) is 0 Å². The van der Waals surface area contributed by atoms with Gasteiger partial charge in [0.05, 0.1) is 29.5 Å². The highest BCUT2D eigenvalue weighted by Crippen LogP contribution is 2.50. The minimum Gasteiger partial charge on any atom is -0.444 e. The molecule has 0 atom stereocenters. The van der Waals surface area contributed by atoms with E-state index >= 15 is 8.78 Å². The quantitative estimate of drug-likeness (QED) is 0.258. The summed E-state index contributed by atoms with van der Waals surface area (Å²) in [5.41, 5.74) is 4.91. The summed E-state index contributed by atoms with van der Waals surface area (Å²) in [6.07, 6.45) is 5.73. The number of imidazole rings is 1. The van der Waals surface area contributed by atoms with Crippen LogP contribution in [-0.2, 0) is 17.7 Å². The summed E-state index contributed by atoms with van der Waals surface area (Å²) in [6, 6.07) is 12.4. The molecule has 1 aliphatic carbocycles. The summed E-state index contributed by atoms with van der Waals surface area (Å²) in [5.74, 6) is -2.47. The largest absolute Gasteiger partial charge is 0.444 e. The van der Waals surface area contributed by atoms with Crippen molar-refractivity contribution in [3.63, 3.8) is 0 Å². The van der Waals surface area contributed by atoms with Crippen LogP contribution in [0, 0.1) is 5.41 Å². The lowest BCUT2D eigenvalue weighted by Crippen LogP contribution is -2.70. The number of carbonyl (C=O) groups is 2. The number of nitrogens with zero attached hydrogens (tertiary/aromatic N) is 7. The molecule has 3 fully saturated rings. The van der Waals surface area contributed by atoms with Crippen molar-refractivity contribution in [2.24, 2.45) is 5.41 Å². The molecule has 6 heterocycles. The van der Waals surface area contributed by atoms with Crippen LogP contribution in [0.3, 0.4) is 0 Å². The number of fused-ring (bicyclic) bond motifs is 2. The Morgan fingerprint density at radius 2 is 1.84 bits per heavy atom. The molecule has 14 heteroatoms. The summed E-state index contributed by atoms with van der Waals surface area (Å²) in [4.78, 5) is 40.0. The Labute approximate surface area is 295 Å². The summed E-state index contributed by atoms with van der Waals surface area (Å²) in [5, 5.41) is 11.1. The molecule has 1 spiro atoms. The Kier molecular flexibility index (Phi) is 7.93. The molecule has 8 rings (SSSR count). The van der Waals surface area contributed by atoms with Crippen molar-refractivity contribution in [2.45, 2.75) is 70.6 Å². The van der Waals surface area contributed by atoms with Gasteiger partial charge in [-0.05, 0) is 69.7 Å². The molecule has 3 aromatic heterocycles. The first-order chi connectivity index (χ1) is 24.3. The monoisotopic (exact) mass is 699 g/mol. The van der Waals surface area contributed by atoms with Gasteiger partial charge in [-0.3, -0.25) is 14.7 Å². The molecule has 1 aromatic carbocycles. The van der Waals surface area contributed by atoms with Crippen LogP contribution in [0.15, 0.2) is 48.8 Å². The van der Waals surface area contributed by atoms with Crippen molar-refractivity contribution >= 4 is 34.8 Å². The summed E-state index contributed by atoms with van der Waals surface area (Å²) < 4.78 is 37.8. The lowest BCUT2D eigenvalue weighted by atomic mass is 9.69. The number of nitrogens with one attached hydrogen (secondary N) is 2. The number of benzene rings is 1. The predicted molar refractivity (Wildman–Crippen MR) is 188 cm³/mol. The third-order valence-corrected chi connectivity index (χ3v) is 10.4. The second-order valence-electron chi connectivity index (χ2n) is 15.3. The molecule has 4 aliphatic rings. The number of anilines is 3. The minimum absolute atomic E-state index is 0.178. The predicted octanol–water partition coefficient (Wildman–Crippen LogP) is 5.50. The Balaban J connectivity index is 0.952. The van der Waals surface area contributed by atoms with E-state index in [9.17, 15) is 9.59 Å². The van der Waals surface area contributed by atoms with E-state index < -0.39 is 29.6 Å². The number of rotatable bonds is 7. The zero-order valence-electron chi connectivity index (χ0n) is 29.4. The summed E-state index contributed by atoms with van der Waals surface area (Å²) in [6.45, 7) is 6.62. The fraction of sp³-hybridized carbons (Fsp3) is 0.486. The van der Waals surface area contributed by atoms with Crippen molar-refractivity contribution in [2.75, 3.05) is 50.0 Å².